The lowest BCUT2D eigenvalue weighted by Gasteiger charge is -2.35. The molecule has 0 unspecified atom stereocenters. The third-order valence-corrected chi connectivity index (χ3v) is 5.64. The Bertz CT molecular complexity index is 722. The van der Waals surface area contributed by atoms with Gasteiger partial charge >= 0.3 is 0 Å². The molecule has 0 fully saturated rings. The van der Waals surface area contributed by atoms with Crippen molar-refractivity contribution in [1.82, 2.24) is 4.90 Å². The second kappa shape index (κ2) is 8.05. The molecule has 2 heteroatoms. The van der Waals surface area contributed by atoms with Gasteiger partial charge < -0.3 is 5.11 Å². The molecule has 0 aliphatic heterocycles. The molecule has 1 N–H and O–H groups in total. The molecule has 2 nitrogen and oxygen atoms in total. The molecule has 2 aromatic rings. The van der Waals surface area contributed by atoms with E-state index in [0.29, 0.717) is 11.8 Å². The van der Waals surface area contributed by atoms with Gasteiger partial charge in [0, 0.05) is 12.6 Å². The average molecular weight is 338 g/mol. The first kappa shape index (κ1) is 18.0. The molecular formula is C23H31NO. The molecule has 0 spiro atoms. The minimum absolute atomic E-state index is 0.480. The van der Waals surface area contributed by atoms with Crippen molar-refractivity contribution in [2.24, 2.45) is 0 Å². The summed E-state index contributed by atoms with van der Waals surface area (Å²) in [5.74, 6) is 0.480. The van der Waals surface area contributed by atoms with Gasteiger partial charge in [-0.15, -0.1) is 0 Å². The highest BCUT2D eigenvalue weighted by Crippen LogP contribution is 2.31. The number of phenols is 1. The van der Waals surface area contributed by atoms with Crippen LogP contribution in [0, 0.1) is 13.8 Å². The first-order valence-corrected chi connectivity index (χ1v) is 9.68. The fourth-order valence-corrected chi connectivity index (χ4v) is 4.16. The van der Waals surface area contributed by atoms with Crippen molar-refractivity contribution < 1.29 is 5.11 Å². The quantitative estimate of drug-likeness (QED) is 0.817. The number of nitrogens with zero attached hydrogens (tertiary/aromatic N) is 1. The van der Waals surface area contributed by atoms with Gasteiger partial charge in [-0.3, -0.25) is 4.90 Å². The lowest BCUT2D eigenvalue weighted by atomic mass is 9.86. The summed E-state index contributed by atoms with van der Waals surface area (Å²) < 4.78 is 0. The Kier molecular flexibility index (Phi) is 5.80. The minimum Gasteiger partial charge on any atom is -0.508 e. The van der Waals surface area contributed by atoms with Crippen LogP contribution in [-0.2, 0) is 19.3 Å². The second-order valence-electron chi connectivity index (χ2n) is 7.53. The molecule has 2 aromatic carbocycles. The Hall–Kier alpha value is -1.80. The molecule has 134 valence electrons. The number of aromatic hydroxyl groups is 1. The maximum absolute atomic E-state index is 10.2. The van der Waals surface area contributed by atoms with Crippen LogP contribution in [-0.4, -0.2) is 29.1 Å². The number of rotatable bonds is 6. The molecule has 25 heavy (non-hydrogen) atoms. The lowest BCUT2D eigenvalue weighted by Crippen LogP contribution is -2.41. The van der Waals surface area contributed by atoms with E-state index in [4.69, 9.17) is 0 Å². The van der Waals surface area contributed by atoms with Gasteiger partial charge in [0.15, 0.2) is 0 Å². The summed E-state index contributed by atoms with van der Waals surface area (Å²) in [6.45, 7) is 8.89. The Balaban J connectivity index is 1.71. The van der Waals surface area contributed by atoms with E-state index in [2.05, 4.69) is 49.9 Å². The van der Waals surface area contributed by atoms with E-state index in [0.717, 1.165) is 32.4 Å². The van der Waals surface area contributed by atoms with Crippen LogP contribution < -0.4 is 0 Å². The Morgan fingerprint density at radius 3 is 2.76 bits per heavy atom. The Morgan fingerprint density at radius 2 is 1.96 bits per heavy atom. The molecule has 0 radical (unpaired) electrons. The van der Waals surface area contributed by atoms with Gasteiger partial charge in [-0.1, -0.05) is 42.8 Å². The molecule has 0 saturated heterocycles. The van der Waals surface area contributed by atoms with Crippen molar-refractivity contribution in [2.45, 2.75) is 58.9 Å². The first-order valence-electron chi connectivity index (χ1n) is 9.68. The number of aryl methyl sites for hydroxylation is 3. The molecule has 0 bridgehead atoms. The van der Waals surface area contributed by atoms with E-state index in [1.807, 2.05) is 12.1 Å². The van der Waals surface area contributed by atoms with Crippen molar-refractivity contribution in [2.75, 3.05) is 13.1 Å². The van der Waals surface area contributed by atoms with Crippen LogP contribution in [0.2, 0.25) is 0 Å². The highest BCUT2D eigenvalue weighted by Gasteiger charge is 2.25. The zero-order valence-corrected chi connectivity index (χ0v) is 15.9. The summed E-state index contributed by atoms with van der Waals surface area (Å²) in [7, 11) is 0. The predicted molar refractivity (Wildman–Crippen MR) is 105 cm³/mol. The standard InChI is InChI=1S/C23H31NO/c1-4-13-24(14-12-20-15-17(2)8-9-18(20)3)21-11-10-19-6-5-7-23(25)22(19)16-21/h5-9,15,21,25H,4,10-14,16H2,1-3H3/t21-/m1/s1. The van der Waals surface area contributed by atoms with Crippen molar-refractivity contribution in [3.05, 3.63) is 64.2 Å². The average Bonchev–Trinajstić information content (AvgIpc) is 2.61. The fourth-order valence-electron chi connectivity index (χ4n) is 4.16. The number of fused-ring (bicyclic) bond motifs is 1. The normalized spacial score (nSPS) is 16.9. The maximum atomic E-state index is 10.2. The largest absolute Gasteiger partial charge is 0.508 e. The first-order chi connectivity index (χ1) is 12.1. The van der Waals surface area contributed by atoms with Crippen LogP contribution in [0.1, 0.15) is 47.6 Å². The van der Waals surface area contributed by atoms with E-state index in [1.54, 1.807) is 0 Å². The van der Waals surface area contributed by atoms with Crippen LogP contribution in [0.25, 0.3) is 0 Å². The van der Waals surface area contributed by atoms with Crippen LogP contribution in [0.5, 0.6) is 5.75 Å². The monoisotopic (exact) mass is 337 g/mol. The molecule has 0 amide bonds. The van der Waals surface area contributed by atoms with Crippen molar-refractivity contribution in [3.8, 4) is 5.75 Å². The zero-order chi connectivity index (χ0) is 17.8. The SMILES string of the molecule is CCCN(CCc1cc(C)ccc1C)[C@@H]1CCc2cccc(O)c2C1. The lowest BCUT2D eigenvalue weighted by molar-refractivity contribution is 0.180. The highest BCUT2D eigenvalue weighted by molar-refractivity contribution is 5.41. The number of benzene rings is 2. The van der Waals surface area contributed by atoms with E-state index >= 15 is 0 Å². The molecule has 3 rings (SSSR count). The molecule has 0 heterocycles. The fraction of sp³-hybridized carbons (Fsp3) is 0.478. The van der Waals surface area contributed by atoms with Gasteiger partial charge in [0.2, 0.25) is 0 Å². The van der Waals surface area contributed by atoms with E-state index < -0.39 is 0 Å². The minimum atomic E-state index is 0.480. The second-order valence-corrected chi connectivity index (χ2v) is 7.53. The van der Waals surface area contributed by atoms with Gasteiger partial charge in [-0.2, -0.15) is 0 Å². The van der Waals surface area contributed by atoms with Crippen molar-refractivity contribution in [3.63, 3.8) is 0 Å². The van der Waals surface area contributed by atoms with Crippen LogP contribution >= 0.6 is 0 Å². The van der Waals surface area contributed by atoms with Crippen molar-refractivity contribution in [1.29, 1.82) is 0 Å². The van der Waals surface area contributed by atoms with Gasteiger partial charge in [0.25, 0.3) is 0 Å². The van der Waals surface area contributed by atoms with Gasteiger partial charge in [-0.25, -0.2) is 0 Å². The summed E-state index contributed by atoms with van der Waals surface area (Å²) in [5, 5.41) is 10.2. The Labute approximate surface area is 152 Å². The molecule has 0 saturated carbocycles. The topological polar surface area (TPSA) is 23.5 Å². The summed E-state index contributed by atoms with van der Waals surface area (Å²) in [4.78, 5) is 2.65. The third kappa shape index (κ3) is 4.24. The highest BCUT2D eigenvalue weighted by atomic mass is 16.3. The van der Waals surface area contributed by atoms with E-state index in [-0.39, 0.29) is 0 Å². The number of hydrogen-bond acceptors (Lipinski definition) is 2. The summed E-state index contributed by atoms with van der Waals surface area (Å²) in [6, 6.07) is 13.3. The predicted octanol–water partition coefficient (Wildman–Crippen LogP) is 4.82. The van der Waals surface area contributed by atoms with E-state index in [1.165, 1.54) is 40.7 Å². The van der Waals surface area contributed by atoms with Gasteiger partial charge in [0.05, 0.1) is 0 Å². The van der Waals surface area contributed by atoms with Crippen LogP contribution in [0.4, 0.5) is 0 Å². The molecule has 1 aliphatic carbocycles. The summed E-state index contributed by atoms with van der Waals surface area (Å²) in [6.07, 6.45) is 5.55. The number of hydrogen-bond donors (Lipinski definition) is 1. The van der Waals surface area contributed by atoms with Crippen LogP contribution in [0.15, 0.2) is 36.4 Å². The van der Waals surface area contributed by atoms with Crippen molar-refractivity contribution >= 4 is 0 Å². The summed E-state index contributed by atoms with van der Waals surface area (Å²) >= 11 is 0. The Morgan fingerprint density at radius 1 is 1.12 bits per heavy atom. The van der Waals surface area contributed by atoms with Crippen LogP contribution in [0.3, 0.4) is 0 Å². The molecular weight excluding hydrogens is 306 g/mol. The summed E-state index contributed by atoms with van der Waals surface area (Å²) in [5.41, 5.74) is 6.72. The van der Waals surface area contributed by atoms with E-state index in [9.17, 15) is 5.11 Å². The van der Waals surface area contributed by atoms with Gasteiger partial charge in [-0.05, 0) is 80.8 Å². The zero-order valence-electron chi connectivity index (χ0n) is 15.9. The molecule has 0 aromatic heterocycles. The third-order valence-electron chi connectivity index (χ3n) is 5.64. The molecule has 1 atom stereocenters. The number of phenolic OH excluding ortho intramolecular Hbond substituents is 1. The maximum Gasteiger partial charge on any atom is 0.119 e. The molecule has 1 aliphatic rings. The smallest absolute Gasteiger partial charge is 0.119 e. The van der Waals surface area contributed by atoms with Gasteiger partial charge in [0.1, 0.15) is 5.75 Å².